The highest BCUT2D eigenvalue weighted by atomic mass is 79.9. The van der Waals surface area contributed by atoms with Crippen LogP contribution in [0, 0.1) is 0 Å². The molecule has 8 heteroatoms. The van der Waals surface area contributed by atoms with E-state index in [1.165, 1.54) is 29.6 Å². The van der Waals surface area contributed by atoms with Crippen molar-refractivity contribution in [1.82, 2.24) is 0 Å². The van der Waals surface area contributed by atoms with Gasteiger partial charge in [0.25, 0.3) is 0 Å². The molecular weight excluding hydrogens is 432 g/mol. The van der Waals surface area contributed by atoms with Crippen molar-refractivity contribution in [2.24, 2.45) is 4.99 Å². The molecule has 1 N–H and O–H groups in total. The summed E-state index contributed by atoms with van der Waals surface area (Å²) in [7, 11) is 3.59. The minimum Gasteiger partial charge on any atom is -0.870 e. The van der Waals surface area contributed by atoms with Crippen molar-refractivity contribution in [3.63, 3.8) is 0 Å². The topological polar surface area (TPSA) is 75.4 Å². The standard InChI is InChI=1S/C19H21BrN2O4S/c1-4-26-19(24)16-13-5-6-22(2)10-15(13)27-18(16)21-9-11-7-12(20)8-14(25-3)17(11)23/h7-9,23H,4-6,10H2,1-3H3/b21-9+. The van der Waals surface area contributed by atoms with Gasteiger partial charge < -0.3 is 19.5 Å². The van der Waals surface area contributed by atoms with Gasteiger partial charge in [0.1, 0.15) is 22.9 Å². The zero-order valence-corrected chi connectivity index (χ0v) is 17.8. The summed E-state index contributed by atoms with van der Waals surface area (Å²) in [4.78, 5) is 19.6. The Balaban J connectivity index is 2.03. The molecule has 0 saturated heterocycles. The number of quaternary nitrogens is 1. The number of rotatable bonds is 5. The first-order valence-corrected chi connectivity index (χ1v) is 10.3. The van der Waals surface area contributed by atoms with Crippen LogP contribution in [0.15, 0.2) is 21.6 Å². The molecule has 144 valence electrons. The van der Waals surface area contributed by atoms with Crippen LogP contribution in [0.4, 0.5) is 5.00 Å². The maximum absolute atomic E-state index is 12.5. The number of methoxy groups -OCH3 is 1. The van der Waals surface area contributed by atoms with Gasteiger partial charge in [-0.1, -0.05) is 21.7 Å². The van der Waals surface area contributed by atoms with Crippen LogP contribution in [0.2, 0.25) is 0 Å². The molecule has 0 amide bonds. The Morgan fingerprint density at radius 3 is 2.96 bits per heavy atom. The van der Waals surface area contributed by atoms with Crippen molar-refractivity contribution < 1.29 is 24.3 Å². The highest BCUT2D eigenvalue weighted by molar-refractivity contribution is 9.10. The van der Waals surface area contributed by atoms with Gasteiger partial charge in [0.05, 0.1) is 32.2 Å². The van der Waals surface area contributed by atoms with E-state index in [1.54, 1.807) is 19.1 Å². The number of benzene rings is 1. The summed E-state index contributed by atoms with van der Waals surface area (Å²) < 4.78 is 11.1. The Morgan fingerprint density at radius 2 is 2.26 bits per heavy atom. The molecule has 3 rings (SSSR count). The largest absolute Gasteiger partial charge is 0.870 e. The fourth-order valence-electron chi connectivity index (χ4n) is 3.08. The Kier molecular flexibility index (Phi) is 6.18. The molecule has 1 aliphatic heterocycles. The second-order valence-electron chi connectivity index (χ2n) is 6.32. The second kappa shape index (κ2) is 8.41. The van der Waals surface area contributed by atoms with Gasteiger partial charge in [0.15, 0.2) is 0 Å². The fraction of sp³-hybridized carbons (Fsp3) is 0.368. The highest BCUT2D eigenvalue weighted by Gasteiger charge is 2.29. The van der Waals surface area contributed by atoms with Crippen molar-refractivity contribution in [2.45, 2.75) is 19.9 Å². The number of esters is 1. The average Bonchev–Trinajstić information content (AvgIpc) is 2.99. The number of ether oxygens (including phenoxy) is 2. The molecule has 1 unspecified atom stereocenters. The molecule has 0 radical (unpaired) electrons. The van der Waals surface area contributed by atoms with Crippen LogP contribution in [-0.4, -0.2) is 39.5 Å². The number of thiophene rings is 1. The molecular formula is C19H21BrN2O4S. The predicted octanol–water partition coefficient (Wildman–Crippen LogP) is 2.09. The van der Waals surface area contributed by atoms with E-state index < -0.39 is 0 Å². The zero-order valence-electron chi connectivity index (χ0n) is 15.4. The number of carbonyl (C=O) groups excluding carboxylic acids is 1. The first-order valence-electron chi connectivity index (χ1n) is 8.66. The van der Waals surface area contributed by atoms with E-state index in [4.69, 9.17) is 9.47 Å². The van der Waals surface area contributed by atoms with Crippen LogP contribution >= 0.6 is 27.3 Å². The van der Waals surface area contributed by atoms with E-state index in [2.05, 4.69) is 28.0 Å². The number of likely N-dealkylation sites (N-methyl/N-ethyl adjacent to an activating group) is 1. The molecule has 0 bridgehead atoms. The normalized spacial score (nSPS) is 16.4. The zero-order chi connectivity index (χ0) is 19.6. The number of halogens is 1. The second-order valence-corrected chi connectivity index (χ2v) is 8.32. The Hall–Kier alpha value is -1.90. The molecule has 1 aromatic heterocycles. The summed E-state index contributed by atoms with van der Waals surface area (Å²) in [6.07, 6.45) is 2.31. The molecule has 6 nitrogen and oxygen atoms in total. The molecule has 27 heavy (non-hydrogen) atoms. The summed E-state index contributed by atoms with van der Waals surface area (Å²) in [5.41, 5.74) is 1.96. The highest BCUT2D eigenvalue weighted by Crippen LogP contribution is 2.38. The number of fused-ring (bicyclic) bond motifs is 1. The summed E-state index contributed by atoms with van der Waals surface area (Å²) in [6, 6.07) is 3.30. The van der Waals surface area contributed by atoms with Gasteiger partial charge in [-0.3, -0.25) is 0 Å². The van der Waals surface area contributed by atoms with Gasteiger partial charge in [-0.05, 0) is 30.2 Å². The van der Waals surface area contributed by atoms with E-state index in [9.17, 15) is 9.90 Å². The van der Waals surface area contributed by atoms with E-state index >= 15 is 0 Å². The van der Waals surface area contributed by atoms with Gasteiger partial charge in [-0.15, -0.1) is 11.3 Å². The Bertz CT molecular complexity index is 894. The van der Waals surface area contributed by atoms with Crippen LogP contribution in [0.25, 0.3) is 0 Å². The van der Waals surface area contributed by atoms with Gasteiger partial charge in [-0.2, -0.15) is 0 Å². The molecule has 0 spiro atoms. The SMILES string of the molecule is CCOC(=O)c1c(/N=C/c2cc(Br)cc(OC)c2[O-])sc2c1CC[NH+](C)C2. The minimum atomic E-state index is -0.351. The molecule has 1 aliphatic rings. The van der Waals surface area contributed by atoms with E-state index in [0.29, 0.717) is 22.7 Å². The van der Waals surface area contributed by atoms with Gasteiger partial charge in [0, 0.05) is 17.1 Å². The summed E-state index contributed by atoms with van der Waals surface area (Å²) in [6.45, 7) is 3.92. The minimum absolute atomic E-state index is 0.243. The number of aliphatic imine (C=N–C) groups is 1. The third-order valence-electron chi connectivity index (χ3n) is 4.40. The van der Waals surface area contributed by atoms with Crippen molar-refractivity contribution in [1.29, 1.82) is 0 Å². The fourth-order valence-corrected chi connectivity index (χ4v) is 4.82. The van der Waals surface area contributed by atoms with Crippen LogP contribution in [0.5, 0.6) is 11.5 Å². The van der Waals surface area contributed by atoms with Gasteiger partial charge in [-0.25, -0.2) is 9.79 Å². The van der Waals surface area contributed by atoms with Crippen LogP contribution in [-0.2, 0) is 17.7 Å². The predicted molar refractivity (Wildman–Crippen MR) is 107 cm³/mol. The van der Waals surface area contributed by atoms with E-state index in [-0.39, 0.29) is 17.5 Å². The average molecular weight is 453 g/mol. The summed E-state index contributed by atoms with van der Waals surface area (Å²) in [5.74, 6) is -0.351. The third-order valence-corrected chi connectivity index (χ3v) is 6.00. The maximum Gasteiger partial charge on any atom is 0.341 e. The Morgan fingerprint density at radius 1 is 1.48 bits per heavy atom. The third kappa shape index (κ3) is 4.17. The molecule has 1 atom stereocenters. The lowest BCUT2D eigenvalue weighted by Gasteiger charge is -2.19. The van der Waals surface area contributed by atoms with Crippen molar-refractivity contribution in [3.05, 3.63) is 38.2 Å². The van der Waals surface area contributed by atoms with E-state index in [1.807, 2.05) is 0 Å². The number of hydrogen-bond acceptors (Lipinski definition) is 6. The number of hydrogen-bond donors (Lipinski definition) is 1. The first-order chi connectivity index (χ1) is 12.9. The maximum atomic E-state index is 12.5. The monoisotopic (exact) mass is 452 g/mol. The van der Waals surface area contributed by atoms with Crippen LogP contribution in [0.1, 0.15) is 33.3 Å². The van der Waals surface area contributed by atoms with Crippen molar-refractivity contribution in [3.8, 4) is 11.5 Å². The number of carbonyl (C=O) groups is 1. The van der Waals surface area contributed by atoms with Crippen LogP contribution in [0.3, 0.4) is 0 Å². The number of nitrogens with one attached hydrogen (secondary N) is 1. The first kappa shape index (κ1) is 19.9. The molecule has 0 aliphatic carbocycles. The molecule has 1 aromatic carbocycles. The lowest BCUT2D eigenvalue weighted by molar-refractivity contribution is -0.895. The lowest BCUT2D eigenvalue weighted by Crippen LogP contribution is -3.08. The lowest BCUT2D eigenvalue weighted by atomic mass is 10.0. The molecule has 2 heterocycles. The molecule has 2 aromatic rings. The smallest absolute Gasteiger partial charge is 0.341 e. The van der Waals surface area contributed by atoms with Crippen molar-refractivity contribution in [2.75, 3.05) is 27.3 Å². The Labute approximate surface area is 170 Å². The summed E-state index contributed by atoms with van der Waals surface area (Å²) in [5, 5.41) is 13.0. The van der Waals surface area contributed by atoms with Gasteiger partial charge >= 0.3 is 5.97 Å². The quantitative estimate of drug-likeness (QED) is 0.556. The van der Waals surface area contributed by atoms with Gasteiger partial charge in [0.2, 0.25) is 0 Å². The molecule has 0 saturated carbocycles. The number of nitrogens with zero attached hydrogens (tertiary/aromatic N) is 1. The van der Waals surface area contributed by atoms with Crippen molar-refractivity contribution >= 4 is 44.5 Å². The summed E-state index contributed by atoms with van der Waals surface area (Å²) >= 11 is 4.87. The van der Waals surface area contributed by atoms with E-state index in [0.717, 1.165) is 34.4 Å². The molecule has 0 fully saturated rings. The van der Waals surface area contributed by atoms with Crippen LogP contribution < -0.4 is 14.7 Å².